The Balaban J connectivity index is 1.86. The number of ether oxygens (including phenoxy) is 1. The lowest BCUT2D eigenvalue weighted by Gasteiger charge is -2.23. The summed E-state index contributed by atoms with van der Waals surface area (Å²) in [5.41, 5.74) is 0. The second-order valence-electron chi connectivity index (χ2n) is 5.40. The maximum Gasteiger partial charge on any atom is 0.241 e. The van der Waals surface area contributed by atoms with E-state index in [2.05, 4.69) is 30.6 Å². The molecule has 2 unspecified atom stereocenters. The molecule has 0 aliphatic carbocycles. The maximum atomic E-state index is 12.4. The molecule has 2 rings (SSSR count). The van der Waals surface area contributed by atoms with E-state index in [0.29, 0.717) is 0 Å². The first kappa shape index (κ1) is 16.5. The first-order chi connectivity index (χ1) is 10.3. The molecule has 1 N–H and O–H groups in total. The highest BCUT2D eigenvalue weighted by molar-refractivity contribution is 7.10. The van der Waals surface area contributed by atoms with Crippen molar-refractivity contribution in [2.75, 3.05) is 19.8 Å². The Kier molecular flexibility index (Phi) is 6.67. The average Bonchev–Trinajstić information content (AvgIpc) is 3.11. The normalized spacial score (nSPS) is 22.2. The molecule has 0 spiro atoms. The van der Waals surface area contributed by atoms with E-state index >= 15 is 0 Å². The van der Waals surface area contributed by atoms with Crippen LogP contribution in [-0.2, 0) is 9.53 Å². The van der Waals surface area contributed by atoms with Crippen molar-refractivity contribution in [3.63, 3.8) is 0 Å². The molecule has 0 bridgehead atoms. The first-order valence-corrected chi connectivity index (χ1v) is 8.83. The van der Waals surface area contributed by atoms with Crippen molar-refractivity contribution in [3.8, 4) is 0 Å². The van der Waals surface area contributed by atoms with Gasteiger partial charge in [-0.15, -0.1) is 11.3 Å². The van der Waals surface area contributed by atoms with Crippen LogP contribution in [0.15, 0.2) is 17.5 Å². The van der Waals surface area contributed by atoms with E-state index in [0.717, 1.165) is 45.4 Å². The Labute approximate surface area is 131 Å². The molecule has 4 nitrogen and oxygen atoms in total. The number of carbonyl (C=O) groups excluding carboxylic acids is 1. The highest BCUT2D eigenvalue weighted by Crippen LogP contribution is 2.29. The second-order valence-corrected chi connectivity index (χ2v) is 6.38. The molecule has 1 aromatic heterocycles. The highest BCUT2D eigenvalue weighted by atomic mass is 32.1. The number of carbonyl (C=O) groups is 1. The van der Waals surface area contributed by atoms with Crippen molar-refractivity contribution >= 4 is 17.2 Å². The number of nitrogens with zero attached hydrogens (tertiary/aromatic N) is 1. The van der Waals surface area contributed by atoms with Gasteiger partial charge in [-0.2, -0.15) is 0 Å². The van der Waals surface area contributed by atoms with Crippen molar-refractivity contribution in [1.29, 1.82) is 0 Å². The van der Waals surface area contributed by atoms with Crippen molar-refractivity contribution in [2.45, 2.75) is 51.7 Å². The third-order valence-corrected chi connectivity index (χ3v) is 4.73. The number of hydrogen-bond acceptors (Lipinski definition) is 4. The molecule has 118 valence electrons. The summed E-state index contributed by atoms with van der Waals surface area (Å²) in [6.07, 6.45) is 4.05. The largest absolute Gasteiger partial charge is 0.381 e. The van der Waals surface area contributed by atoms with E-state index in [1.54, 1.807) is 11.3 Å². The van der Waals surface area contributed by atoms with Crippen LogP contribution in [0.2, 0.25) is 0 Å². The van der Waals surface area contributed by atoms with Crippen LogP contribution in [-0.4, -0.2) is 36.6 Å². The van der Waals surface area contributed by atoms with E-state index in [1.165, 1.54) is 4.88 Å². The predicted octanol–water partition coefficient (Wildman–Crippen LogP) is 3.16. The summed E-state index contributed by atoms with van der Waals surface area (Å²) >= 11 is 1.70. The van der Waals surface area contributed by atoms with E-state index in [1.807, 2.05) is 11.0 Å². The van der Waals surface area contributed by atoms with Gasteiger partial charge < -0.3 is 9.64 Å². The van der Waals surface area contributed by atoms with Crippen molar-refractivity contribution in [1.82, 2.24) is 10.2 Å². The van der Waals surface area contributed by atoms with Gasteiger partial charge in [0.1, 0.15) is 6.17 Å². The zero-order valence-corrected chi connectivity index (χ0v) is 13.8. The van der Waals surface area contributed by atoms with Gasteiger partial charge in [0, 0.05) is 24.6 Å². The molecule has 1 aromatic rings. The van der Waals surface area contributed by atoms with Gasteiger partial charge in [0.25, 0.3) is 0 Å². The number of rotatable bonds is 9. The summed E-state index contributed by atoms with van der Waals surface area (Å²) in [6, 6.07) is 4.09. The minimum atomic E-state index is -0.0434. The summed E-state index contributed by atoms with van der Waals surface area (Å²) in [6.45, 7) is 6.54. The van der Waals surface area contributed by atoms with Crippen LogP contribution in [0.3, 0.4) is 0 Å². The molecule has 5 heteroatoms. The Morgan fingerprint density at radius 3 is 2.81 bits per heavy atom. The Bertz CT molecular complexity index is 422. The lowest BCUT2D eigenvalue weighted by Crippen LogP contribution is -2.32. The molecule has 21 heavy (non-hydrogen) atoms. The van der Waals surface area contributed by atoms with Gasteiger partial charge in [-0.3, -0.25) is 10.1 Å². The summed E-state index contributed by atoms with van der Waals surface area (Å²) < 4.78 is 5.59. The number of nitrogens with one attached hydrogen (secondary N) is 1. The second kappa shape index (κ2) is 8.51. The number of thiophene rings is 1. The van der Waals surface area contributed by atoms with Crippen LogP contribution in [0.5, 0.6) is 0 Å². The third kappa shape index (κ3) is 4.28. The van der Waals surface area contributed by atoms with E-state index in [-0.39, 0.29) is 18.1 Å². The van der Waals surface area contributed by atoms with Crippen LogP contribution in [0.25, 0.3) is 0 Å². The zero-order valence-electron chi connectivity index (χ0n) is 13.0. The average molecular weight is 310 g/mol. The molecule has 1 aliphatic heterocycles. The monoisotopic (exact) mass is 310 g/mol. The van der Waals surface area contributed by atoms with E-state index < -0.39 is 0 Å². The van der Waals surface area contributed by atoms with Gasteiger partial charge in [-0.25, -0.2) is 0 Å². The molecular weight excluding hydrogens is 284 g/mol. The molecule has 0 radical (unpaired) electrons. The first-order valence-electron chi connectivity index (χ1n) is 7.95. The Morgan fingerprint density at radius 1 is 1.33 bits per heavy atom. The fourth-order valence-electron chi connectivity index (χ4n) is 2.58. The molecule has 2 heterocycles. The molecular formula is C16H26N2O2S. The van der Waals surface area contributed by atoms with Crippen LogP contribution < -0.4 is 5.32 Å². The minimum absolute atomic E-state index is 0.0399. The minimum Gasteiger partial charge on any atom is -0.381 e. The quantitative estimate of drug-likeness (QED) is 0.712. The van der Waals surface area contributed by atoms with Gasteiger partial charge in [-0.05, 0) is 30.7 Å². The maximum absolute atomic E-state index is 12.4. The highest BCUT2D eigenvalue weighted by Gasteiger charge is 2.38. The molecule has 1 amide bonds. The fourth-order valence-corrected chi connectivity index (χ4v) is 3.37. The Hall–Kier alpha value is -0.910. The van der Waals surface area contributed by atoms with Crippen molar-refractivity contribution in [2.24, 2.45) is 0 Å². The summed E-state index contributed by atoms with van der Waals surface area (Å²) in [4.78, 5) is 15.6. The molecule has 1 fully saturated rings. The topological polar surface area (TPSA) is 41.6 Å². The standard InChI is InChI=1S/C16H26N2O2S/c1-3-5-10-20-11-7-9-18-15(14-8-6-12-21-14)17-13(4-2)16(18)19/h6,8,12-13,15,17H,3-5,7,9-11H2,1-2H3. The fraction of sp³-hybridized carbons (Fsp3) is 0.688. The third-order valence-electron chi connectivity index (χ3n) is 3.80. The smallest absolute Gasteiger partial charge is 0.241 e. The summed E-state index contributed by atoms with van der Waals surface area (Å²) in [5.74, 6) is 0.226. The lowest BCUT2D eigenvalue weighted by atomic mass is 10.2. The molecule has 1 aliphatic rings. The molecule has 1 saturated heterocycles. The van der Waals surface area contributed by atoms with E-state index in [9.17, 15) is 4.79 Å². The van der Waals surface area contributed by atoms with E-state index in [4.69, 9.17) is 4.74 Å². The van der Waals surface area contributed by atoms with Gasteiger partial charge in [0.15, 0.2) is 0 Å². The SMILES string of the molecule is CCCCOCCCN1C(=O)C(CC)NC1c1cccs1. The molecule has 0 saturated carbocycles. The summed E-state index contributed by atoms with van der Waals surface area (Å²) in [7, 11) is 0. The number of unbranched alkanes of at least 4 members (excludes halogenated alkanes) is 1. The molecule has 2 atom stereocenters. The van der Waals surface area contributed by atoms with Gasteiger partial charge in [0.05, 0.1) is 6.04 Å². The predicted molar refractivity (Wildman–Crippen MR) is 86.3 cm³/mol. The summed E-state index contributed by atoms with van der Waals surface area (Å²) in [5, 5.41) is 5.51. The zero-order chi connectivity index (χ0) is 15.1. The van der Waals surface area contributed by atoms with Gasteiger partial charge in [-0.1, -0.05) is 26.3 Å². The number of amides is 1. The van der Waals surface area contributed by atoms with Gasteiger partial charge >= 0.3 is 0 Å². The number of hydrogen-bond donors (Lipinski definition) is 1. The van der Waals surface area contributed by atoms with Crippen LogP contribution in [0, 0.1) is 0 Å². The van der Waals surface area contributed by atoms with Gasteiger partial charge in [0.2, 0.25) is 5.91 Å². The molecule has 0 aromatic carbocycles. The van der Waals surface area contributed by atoms with Crippen LogP contribution in [0.1, 0.15) is 50.6 Å². The van der Waals surface area contributed by atoms with Crippen molar-refractivity contribution in [3.05, 3.63) is 22.4 Å². The van der Waals surface area contributed by atoms with Crippen LogP contribution >= 0.6 is 11.3 Å². The lowest BCUT2D eigenvalue weighted by molar-refractivity contribution is -0.130. The Morgan fingerprint density at radius 2 is 2.14 bits per heavy atom. The van der Waals surface area contributed by atoms with Crippen LogP contribution in [0.4, 0.5) is 0 Å². The van der Waals surface area contributed by atoms with Crippen molar-refractivity contribution < 1.29 is 9.53 Å².